The molecule has 1 saturated carbocycles. The number of hydrogen-bond acceptors (Lipinski definition) is 4. The molecular formula is C16H24N4. The molecule has 1 aromatic carbocycles. The lowest BCUT2D eigenvalue weighted by molar-refractivity contribution is 0.0683. The molecule has 1 fully saturated rings. The summed E-state index contributed by atoms with van der Waals surface area (Å²) in [5, 5.41) is 8.85. The molecule has 0 aliphatic heterocycles. The Morgan fingerprint density at radius 1 is 1.30 bits per heavy atom. The van der Waals surface area contributed by atoms with Gasteiger partial charge in [0.2, 0.25) is 0 Å². The van der Waals surface area contributed by atoms with Crippen LogP contribution in [-0.4, -0.2) is 38.1 Å². The molecular weight excluding hydrogens is 248 g/mol. The fourth-order valence-electron chi connectivity index (χ4n) is 2.93. The molecule has 2 rings (SSSR count). The molecule has 0 unspecified atom stereocenters. The van der Waals surface area contributed by atoms with E-state index < -0.39 is 0 Å². The molecule has 108 valence electrons. The average Bonchev–Trinajstić information content (AvgIpc) is 2.36. The van der Waals surface area contributed by atoms with Crippen LogP contribution in [0.4, 0.5) is 11.4 Å². The van der Waals surface area contributed by atoms with E-state index in [1.165, 1.54) is 19.3 Å². The highest BCUT2D eigenvalue weighted by atomic mass is 15.2. The van der Waals surface area contributed by atoms with Crippen molar-refractivity contribution in [3.8, 4) is 6.07 Å². The fourth-order valence-corrected chi connectivity index (χ4v) is 2.93. The highest BCUT2D eigenvalue weighted by molar-refractivity contribution is 5.59. The average molecular weight is 272 g/mol. The topological polar surface area (TPSA) is 56.3 Å². The Balaban J connectivity index is 2.15. The SMILES string of the molecule is CN(CC1(N(C)C)CCC1)c1ccc(N)c(CC#N)c1. The molecule has 4 nitrogen and oxygen atoms in total. The van der Waals surface area contributed by atoms with Crippen molar-refractivity contribution in [3.63, 3.8) is 0 Å². The Labute approximate surface area is 121 Å². The predicted molar refractivity (Wildman–Crippen MR) is 83.7 cm³/mol. The van der Waals surface area contributed by atoms with E-state index in [0.717, 1.165) is 17.8 Å². The monoisotopic (exact) mass is 272 g/mol. The third kappa shape index (κ3) is 2.73. The van der Waals surface area contributed by atoms with Crippen LogP contribution in [0.3, 0.4) is 0 Å². The predicted octanol–water partition coefficient (Wildman–Crippen LogP) is 2.26. The van der Waals surface area contributed by atoms with E-state index in [4.69, 9.17) is 11.0 Å². The van der Waals surface area contributed by atoms with Crippen LogP contribution in [0, 0.1) is 11.3 Å². The lowest BCUT2D eigenvalue weighted by Gasteiger charge is -2.49. The van der Waals surface area contributed by atoms with Crippen LogP contribution in [0.15, 0.2) is 18.2 Å². The maximum absolute atomic E-state index is 8.85. The largest absolute Gasteiger partial charge is 0.398 e. The minimum Gasteiger partial charge on any atom is -0.398 e. The van der Waals surface area contributed by atoms with Crippen LogP contribution in [0.25, 0.3) is 0 Å². The molecule has 0 heterocycles. The van der Waals surface area contributed by atoms with Crippen molar-refractivity contribution in [1.82, 2.24) is 4.90 Å². The van der Waals surface area contributed by atoms with Gasteiger partial charge in [-0.15, -0.1) is 0 Å². The lowest BCUT2D eigenvalue weighted by atomic mass is 9.75. The van der Waals surface area contributed by atoms with Gasteiger partial charge in [-0.25, -0.2) is 0 Å². The van der Waals surface area contributed by atoms with Crippen molar-refractivity contribution in [2.45, 2.75) is 31.2 Å². The van der Waals surface area contributed by atoms with Gasteiger partial charge in [-0.3, -0.25) is 0 Å². The Kier molecular flexibility index (Phi) is 4.20. The van der Waals surface area contributed by atoms with Gasteiger partial charge in [-0.1, -0.05) is 0 Å². The summed E-state index contributed by atoms with van der Waals surface area (Å²) in [6.07, 6.45) is 4.19. The summed E-state index contributed by atoms with van der Waals surface area (Å²) >= 11 is 0. The second kappa shape index (κ2) is 5.72. The number of likely N-dealkylation sites (N-methyl/N-ethyl adjacent to an activating group) is 2. The second-order valence-corrected chi connectivity index (χ2v) is 6.05. The number of rotatable bonds is 5. The molecule has 1 aromatic rings. The molecule has 1 aliphatic carbocycles. The van der Waals surface area contributed by atoms with E-state index >= 15 is 0 Å². The van der Waals surface area contributed by atoms with Gasteiger partial charge in [-0.05, 0) is 57.1 Å². The first kappa shape index (κ1) is 14.7. The van der Waals surface area contributed by atoms with E-state index in [2.05, 4.69) is 37.0 Å². The van der Waals surface area contributed by atoms with Crippen LogP contribution in [0.5, 0.6) is 0 Å². The van der Waals surface area contributed by atoms with Crippen LogP contribution < -0.4 is 10.6 Å². The summed E-state index contributed by atoms with van der Waals surface area (Å²) < 4.78 is 0. The van der Waals surface area contributed by atoms with Gasteiger partial charge in [0.15, 0.2) is 0 Å². The molecule has 0 aromatic heterocycles. The maximum atomic E-state index is 8.85. The Bertz CT molecular complexity index is 512. The van der Waals surface area contributed by atoms with Crippen LogP contribution in [0.2, 0.25) is 0 Å². The zero-order valence-corrected chi connectivity index (χ0v) is 12.7. The molecule has 2 N–H and O–H groups in total. The summed E-state index contributed by atoms with van der Waals surface area (Å²) in [7, 11) is 6.44. The summed E-state index contributed by atoms with van der Waals surface area (Å²) in [4.78, 5) is 4.62. The van der Waals surface area contributed by atoms with E-state index in [-0.39, 0.29) is 0 Å². The number of anilines is 2. The summed E-state index contributed by atoms with van der Waals surface area (Å²) in [6.45, 7) is 1.01. The fraction of sp³-hybridized carbons (Fsp3) is 0.562. The molecule has 0 atom stereocenters. The number of nitrogen functional groups attached to an aromatic ring is 1. The van der Waals surface area contributed by atoms with Crippen molar-refractivity contribution in [2.24, 2.45) is 0 Å². The number of benzene rings is 1. The van der Waals surface area contributed by atoms with Crippen LogP contribution in [-0.2, 0) is 6.42 Å². The van der Waals surface area contributed by atoms with Crippen molar-refractivity contribution in [3.05, 3.63) is 23.8 Å². The summed E-state index contributed by atoms with van der Waals surface area (Å²) in [6, 6.07) is 8.16. The summed E-state index contributed by atoms with van der Waals surface area (Å²) in [5.74, 6) is 0. The Morgan fingerprint density at radius 3 is 2.50 bits per heavy atom. The zero-order valence-electron chi connectivity index (χ0n) is 12.7. The molecule has 0 saturated heterocycles. The molecule has 0 spiro atoms. The van der Waals surface area contributed by atoms with Gasteiger partial charge < -0.3 is 15.5 Å². The van der Waals surface area contributed by atoms with Crippen LogP contribution in [0.1, 0.15) is 24.8 Å². The smallest absolute Gasteiger partial charge is 0.0670 e. The van der Waals surface area contributed by atoms with E-state index in [9.17, 15) is 0 Å². The number of nitrogens with two attached hydrogens (primary N) is 1. The van der Waals surface area contributed by atoms with Gasteiger partial charge in [0.1, 0.15) is 0 Å². The third-order valence-electron chi connectivity index (χ3n) is 4.60. The van der Waals surface area contributed by atoms with Gasteiger partial charge in [-0.2, -0.15) is 5.26 Å². The van der Waals surface area contributed by atoms with Crippen molar-refractivity contribution in [2.75, 3.05) is 38.3 Å². The number of hydrogen-bond donors (Lipinski definition) is 1. The van der Waals surface area contributed by atoms with Gasteiger partial charge >= 0.3 is 0 Å². The first-order valence-electron chi connectivity index (χ1n) is 7.12. The molecule has 20 heavy (non-hydrogen) atoms. The van der Waals surface area contributed by atoms with Crippen molar-refractivity contribution in [1.29, 1.82) is 5.26 Å². The number of nitrogens with zero attached hydrogens (tertiary/aromatic N) is 3. The van der Waals surface area contributed by atoms with Gasteiger partial charge in [0.25, 0.3) is 0 Å². The molecule has 0 radical (unpaired) electrons. The molecule has 4 heteroatoms. The first-order valence-corrected chi connectivity index (χ1v) is 7.12. The van der Waals surface area contributed by atoms with E-state index in [0.29, 0.717) is 17.6 Å². The van der Waals surface area contributed by atoms with Gasteiger partial charge in [0, 0.05) is 30.5 Å². The van der Waals surface area contributed by atoms with Crippen molar-refractivity contribution >= 4 is 11.4 Å². The highest BCUT2D eigenvalue weighted by Gasteiger charge is 2.39. The standard InChI is InChI=1S/C16H24N4/c1-19(2)16(8-4-9-16)12-20(3)14-5-6-15(18)13(11-14)7-10-17/h5-6,11H,4,7-9,12,18H2,1-3H3. The van der Waals surface area contributed by atoms with Crippen molar-refractivity contribution < 1.29 is 0 Å². The molecule has 0 amide bonds. The Hall–Kier alpha value is -1.73. The molecule has 1 aliphatic rings. The Morgan fingerprint density at radius 2 is 2.00 bits per heavy atom. The minimum atomic E-state index is 0.297. The normalized spacial score (nSPS) is 16.6. The highest BCUT2D eigenvalue weighted by Crippen LogP contribution is 2.37. The zero-order chi connectivity index (χ0) is 14.8. The lowest BCUT2D eigenvalue weighted by Crippen LogP contribution is -2.56. The third-order valence-corrected chi connectivity index (χ3v) is 4.60. The van der Waals surface area contributed by atoms with E-state index in [1.54, 1.807) is 0 Å². The summed E-state index contributed by atoms with van der Waals surface area (Å²) in [5.41, 5.74) is 8.97. The van der Waals surface area contributed by atoms with Gasteiger partial charge in [0.05, 0.1) is 12.5 Å². The molecule has 0 bridgehead atoms. The van der Waals surface area contributed by atoms with Crippen LogP contribution >= 0.6 is 0 Å². The first-order chi connectivity index (χ1) is 9.48. The number of nitriles is 1. The minimum absolute atomic E-state index is 0.297. The second-order valence-electron chi connectivity index (χ2n) is 6.05. The maximum Gasteiger partial charge on any atom is 0.0670 e. The quantitative estimate of drug-likeness (QED) is 0.835. The van der Waals surface area contributed by atoms with E-state index in [1.807, 2.05) is 18.2 Å².